The minimum absolute atomic E-state index is 0.00253. The summed E-state index contributed by atoms with van der Waals surface area (Å²) in [5, 5.41) is 2.69. The lowest BCUT2D eigenvalue weighted by Gasteiger charge is -2.20. The maximum atomic E-state index is 12.9. The average molecular weight is 344 g/mol. The predicted octanol–water partition coefficient (Wildman–Crippen LogP) is 0.882. The molecule has 0 aliphatic carbocycles. The Balaban J connectivity index is 1.92. The molecule has 1 heterocycles. The van der Waals surface area contributed by atoms with E-state index in [1.807, 2.05) is 0 Å². The van der Waals surface area contributed by atoms with Crippen LogP contribution in [0.1, 0.15) is 18.4 Å². The minimum Gasteiger partial charge on any atom is -0.376 e. The van der Waals surface area contributed by atoms with Gasteiger partial charge in [0.1, 0.15) is 5.82 Å². The van der Waals surface area contributed by atoms with Gasteiger partial charge in [-0.1, -0.05) is 12.1 Å². The van der Waals surface area contributed by atoms with Crippen molar-refractivity contribution >= 4 is 15.9 Å². The summed E-state index contributed by atoms with van der Waals surface area (Å²) in [5.41, 5.74) is 0.615. The largest absolute Gasteiger partial charge is 0.376 e. The molecule has 0 spiro atoms. The topological polar surface area (TPSA) is 75.7 Å². The molecular formula is C15H21FN2O4S. The molecule has 1 saturated heterocycles. The number of hydrogen-bond donors (Lipinski definition) is 1. The van der Waals surface area contributed by atoms with Gasteiger partial charge in [-0.3, -0.25) is 4.79 Å². The van der Waals surface area contributed by atoms with E-state index in [9.17, 15) is 17.6 Å². The maximum Gasteiger partial charge on any atom is 0.235 e. The molecule has 1 aliphatic heterocycles. The van der Waals surface area contributed by atoms with Gasteiger partial charge >= 0.3 is 0 Å². The molecule has 1 fully saturated rings. The first-order valence-electron chi connectivity index (χ1n) is 7.42. The highest BCUT2D eigenvalue weighted by Gasteiger charge is 2.22. The van der Waals surface area contributed by atoms with Gasteiger partial charge in [0.25, 0.3) is 0 Å². The molecule has 2 rings (SSSR count). The number of benzene rings is 1. The minimum atomic E-state index is -3.56. The third-order valence-electron chi connectivity index (χ3n) is 3.61. The lowest BCUT2D eigenvalue weighted by molar-refractivity contribution is -0.121. The highest BCUT2D eigenvalue weighted by Crippen LogP contribution is 2.11. The van der Waals surface area contributed by atoms with E-state index in [0.29, 0.717) is 18.7 Å². The van der Waals surface area contributed by atoms with E-state index in [1.54, 1.807) is 0 Å². The van der Waals surface area contributed by atoms with Gasteiger partial charge in [0.15, 0.2) is 0 Å². The fourth-order valence-electron chi connectivity index (χ4n) is 2.33. The molecule has 1 aliphatic rings. The van der Waals surface area contributed by atoms with Gasteiger partial charge in [-0.15, -0.1) is 0 Å². The van der Waals surface area contributed by atoms with Crippen LogP contribution in [0.5, 0.6) is 0 Å². The summed E-state index contributed by atoms with van der Waals surface area (Å²) in [6.07, 6.45) is 2.92. The van der Waals surface area contributed by atoms with Crippen molar-refractivity contribution in [3.05, 3.63) is 35.6 Å². The zero-order valence-electron chi connectivity index (χ0n) is 13.0. The first-order chi connectivity index (χ1) is 10.8. The Bertz CT molecular complexity index is 627. The lowest BCUT2D eigenvalue weighted by Crippen LogP contribution is -2.42. The van der Waals surface area contributed by atoms with E-state index < -0.39 is 15.8 Å². The molecule has 1 aromatic rings. The monoisotopic (exact) mass is 344 g/mol. The molecule has 128 valence electrons. The fraction of sp³-hybridized carbons (Fsp3) is 0.533. The van der Waals surface area contributed by atoms with Crippen molar-refractivity contribution in [1.82, 2.24) is 9.62 Å². The molecular weight excluding hydrogens is 323 g/mol. The van der Waals surface area contributed by atoms with Gasteiger partial charge in [0.2, 0.25) is 15.9 Å². The highest BCUT2D eigenvalue weighted by molar-refractivity contribution is 7.88. The van der Waals surface area contributed by atoms with Crippen LogP contribution >= 0.6 is 0 Å². The predicted molar refractivity (Wildman–Crippen MR) is 83.6 cm³/mol. The molecule has 6 nitrogen and oxygen atoms in total. The van der Waals surface area contributed by atoms with E-state index in [2.05, 4.69) is 5.32 Å². The number of hydrogen-bond acceptors (Lipinski definition) is 4. The summed E-state index contributed by atoms with van der Waals surface area (Å²) in [6, 6.07) is 5.51. The molecule has 0 unspecified atom stereocenters. The number of sulfonamides is 1. The molecule has 1 aromatic carbocycles. The number of nitrogens with zero attached hydrogens (tertiary/aromatic N) is 1. The smallest absolute Gasteiger partial charge is 0.235 e. The summed E-state index contributed by atoms with van der Waals surface area (Å²) < 4.78 is 43.1. The fourth-order valence-corrected chi connectivity index (χ4v) is 3.07. The Kier molecular flexibility index (Phi) is 6.09. The van der Waals surface area contributed by atoms with Gasteiger partial charge < -0.3 is 10.1 Å². The van der Waals surface area contributed by atoms with E-state index >= 15 is 0 Å². The number of rotatable bonds is 7. The molecule has 0 bridgehead atoms. The van der Waals surface area contributed by atoms with Crippen molar-refractivity contribution < 1.29 is 22.3 Å². The van der Waals surface area contributed by atoms with E-state index in [1.165, 1.54) is 24.3 Å². The first kappa shape index (κ1) is 17.8. The molecule has 1 atom stereocenters. The van der Waals surface area contributed by atoms with Crippen molar-refractivity contribution in [1.29, 1.82) is 0 Å². The van der Waals surface area contributed by atoms with Crippen molar-refractivity contribution in [2.75, 3.05) is 26.0 Å². The number of halogens is 1. The number of amides is 1. The average Bonchev–Trinajstić information content (AvgIpc) is 2.99. The third-order valence-corrected chi connectivity index (χ3v) is 4.81. The molecule has 0 radical (unpaired) electrons. The maximum absolute atomic E-state index is 12.9. The van der Waals surface area contributed by atoms with Crippen LogP contribution in [0, 0.1) is 5.82 Å². The Hall–Kier alpha value is -1.51. The highest BCUT2D eigenvalue weighted by atomic mass is 32.2. The second kappa shape index (κ2) is 7.85. The zero-order chi connectivity index (χ0) is 16.9. The summed E-state index contributed by atoms with van der Waals surface area (Å²) in [4.78, 5) is 12.0. The molecule has 1 N–H and O–H groups in total. The summed E-state index contributed by atoms with van der Waals surface area (Å²) in [6.45, 7) is 0.822. The zero-order valence-corrected chi connectivity index (χ0v) is 13.8. The van der Waals surface area contributed by atoms with Crippen LogP contribution in [0.4, 0.5) is 4.39 Å². The standard InChI is InChI=1S/C15H21FN2O4S/c1-23(20,21)18(10-12-4-6-13(16)7-5-12)11-15(19)17-9-14-3-2-8-22-14/h4-7,14H,2-3,8-11H2,1H3,(H,17,19)/t14-/m0/s1. The molecule has 0 aromatic heterocycles. The quantitative estimate of drug-likeness (QED) is 0.797. The Morgan fingerprint density at radius 1 is 1.39 bits per heavy atom. The Labute approximate surface area is 135 Å². The van der Waals surface area contributed by atoms with Crippen LogP contribution in [0.15, 0.2) is 24.3 Å². The number of carbonyl (C=O) groups is 1. The van der Waals surface area contributed by atoms with Crippen molar-refractivity contribution in [2.45, 2.75) is 25.5 Å². The van der Waals surface area contributed by atoms with E-state index in [4.69, 9.17) is 4.74 Å². The Morgan fingerprint density at radius 2 is 2.09 bits per heavy atom. The molecule has 1 amide bonds. The van der Waals surface area contributed by atoms with Crippen molar-refractivity contribution in [3.63, 3.8) is 0 Å². The Morgan fingerprint density at radius 3 is 2.65 bits per heavy atom. The van der Waals surface area contributed by atoms with Gasteiger partial charge in [-0.05, 0) is 30.5 Å². The number of nitrogens with one attached hydrogen (secondary N) is 1. The second-order valence-electron chi connectivity index (χ2n) is 5.60. The summed E-state index contributed by atoms with van der Waals surface area (Å²) in [7, 11) is -3.56. The van der Waals surface area contributed by atoms with Crippen LogP contribution in [0.2, 0.25) is 0 Å². The van der Waals surface area contributed by atoms with E-state index in [-0.39, 0.29) is 25.1 Å². The van der Waals surface area contributed by atoms with Crippen LogP contribution in [0.25, 0.3) is 0 Å². The number of carbonyl (C=O) groups excluding carboxylic acids is 1. The third kappa shape index (κ3) is 5.89. The lowest BCUT2D eigenvalue weighted by atomic mass is 10.2. The van der Waals surface area contributed by atoms with Gasteiger partial charge in [0.05, 0.1) is 18.9 Å². The van der Waals surface area contributed by atoms with Gasteiger partial charge in [-0.25, -0.2) is 12.8 Å². The molecule has 23 heavy (non-hydrogen) atoms. The van der Waals surface area contributed by atoms with Crippen LogP contribution in [-0.4, -0.2) is 50.7 Å². The number of ether oxygens (including phenoxy) is 1. The molecule has 8 heteroatoms. The summed E-state index contributed by atoms with van der Waals surface area (Å²) in [5.74, 6) is -0.776. The van der Waals surface area contributed by atoms with E-state index in [0.717, 1.165) is 23.4 Å². The molecule has 0 saturated carbocycles. The normalized spacial score (nSPS) is 18.3. The van der Waals surface area contributed by atoms with Crippen LogP contribution < -0.4 is 5.32 Å². The van der Waals surface area contributed by atoms with Gasteiger partial charge in [-0.2, -0.15) is 4.31 Å². The first-order valence-corrected chi connectivity index (χ1v) is 9.27. The van der Waals surface area contributed by atoms with Gasteiger partial charge in [0, 0.05) is 19.7 Å². The van der Waals surface area contributed by atoms with Crippen LogP contribution in [-0.2, 0) is 26.1 Å². The van der Waals surface area contributed by atoms with Crippen molar-refractivity contribution in [3.8, 4) is 0 Å². The SMILES string of the molecule is CS(=O)(=O)N(CC(=O)NC[C@@H]1CCCO1)Cc1ccc(F)cc1. The summed E-state index contributed by atoms with van der Waals surface area (Å²) >= 11 is 0. The van der Waals surface area contributed by atoms with Crippen molar-refractivity contribution in [2.24, 2.45) is 0 Å². The second-order valence-corrected chi connectivity index (χ2v) is 7.58. The van der Waals surface area contributed by atoms with Crippen LogP contribution in [0.3, 0.4) is 0 Å².